The molecule has 0 fully saturated rings. The first-order chi connectivity index (χ1) is 18.1. The number of hydrogen-bond donors (Lipinski definition) is 2. The number of rotatable bonds is 9. The van der Waals surface area contributed by atoms with Gasteiger partial charge in [0, 0.05) is 25.3 Å². The maximum Gasteiger partial charge on any atom is 0.229 e. The maximum absolute atomic E-state index is 12.8. The molecule has 0 bridgehead atoms. The lowest BCUT2D eigenvalue weighted by Crippen LogP contribution is -2.34. The lowest BCUT2D eigenvalue weighted by atomic mass is 9.98. The van der Waals surface area contributed by atoms with E-state index in [1.807, 2.05) is 12.1 Å². The Morgan fingerprint density at radius 1 is 1.08 bits per heavy atom. The van der Waals surface area contributed by atoms with E-state index in [1.165, 1.54) is 18.0 Å². The summed E-state index contributed by atoms with van der Waals surface area (Å²) in [7, 11) is -2.01. The van der Waals surface area contributed by atoms with Gasteiger partial charge in [-0.15, -0.1) is 0 Å². The minimum atomic E-state index is -3.63. The lowest BCUT2D eigenvalue weighted by molar-refractivity contribution is 0.245. The van der Waals surface area contributed by atoms with Gasteiger partial charge in [-0.25, -0.2) is 18.4 Å². The van der Waals surface area contributed by atoms with Crippen LogP contribution in [0.1, 0.15) is 39.7 Å². The van der Waals surface area contributed by atoms with Crippen LogP contribution in [0.25, 0.3) is 5.57 Å². The highest BCUT2D eigenvalue weighted by atomic mass is 35.5. The third-order valence-corrected chi connectivity index (χ3v) is 8.83. The maximum atomic E-state index is 12.8. The molecule has 1 aliphatic heterocycles. The van der Waals surface area contributed by atoms with E-state index < -0.39 is 15.1 Å². The van der Waals surface area contributed by atoms with Crippen molar-refractivity contribution in [3.05, 3.63) is 59.4 Å². The third kappa shape index (κ3) is 6.09. The summed E-state index contributed by atoms with van der Waals surface area (Å²) in [6, 6.07) is 9.78. The Morgan fingerprint density at radius 3 is 2.53 bits per heavy atom. The molecule has 11 heteroatoms. The van der Waals surface area contributed by atoms with Crippen LogP contribution in [0.3, 0.4) is 0 Å². The topological polar surface area (TPSA) is 109 Å². The largest absolute Gasteiger partial charge is 0.495 e. The molecule has 9 nitrogen and oxygen atoms in total. The molecule has 0 amide bonds. The summed E-state index contributed by atoms with van der Waals surface area (Å²) in [6.45, 7) is 9.60. The van der Waals surface area contributed by atoms with Gasteiger partial charge in [-0.1, -0.05) is 23.7 Å². The molecule has 0 unspecified atom stereocenters. The standard InChI is InChI=1S/C27H33ClN6O3S/c1-17(2)34-13-10-19(11-14-34)20-8-9-22(24(15-20)37-5)32-27-30-16-21(28)25(33-27)31-23-7-6-12-29-26(23)38(35,36)18(3)4/h6-10,12,15-18H,11,13-14H2,1-5H3,(H2,30,31,32,33). The van der Waals surface area contributed by atoms with E-state index in [-0.39, 0.29) is 27.5 Å². The third-order valence-electron chi connectivity index (χ3n) is 6.45. The van der Waals surface area contributed by atoms with Crippen LogP contribution in [0.15, 0.2) is 53.8 Å². The van der Waals surface area contributed by atoms with Gasteiger partial charge < -0.3 is 15.4 Å². The molecule has 3 heterocycles. The van der Waals surface area contributed by atoms with Crippen LogP contribution in [-0.4, -0.2) is 59.8 Å². The normalized spacial score (nSPS) is 14.5. The number of nitrogens with one attached hydrogen (secondary N) is 2. The van der Waals surface area contributed by atoms with Gasteiger partial charge in [-0.2, -0.15) is 4.98 Å². The first-order valence-electron chi connectivity index (χ1n) is 12.5. The van der Waals surface area contributed by atoms with Gasteiger partial charge in [0.2, 0.25) is 5.95 Å². The van der Waals surface area contributed by atoms with Crippen molar-refractivity contribution >= 4 is 50.2 Å². The van der Waals surface area contributed by atoms with Crippen molar-refractivity contribution < 1.29 is 13.2 Å². The Balaban J connectivity index is 1.58. The zero-order valence-electron chi connectivity index (χ0n) is 22.2. The quantitative estimate of drug-likeness (QED) is 0.343. The van der Waals surface area contributed by atoms with Crippen LogP contribution in [0.5, 0.6) is 5.75 Å². The molecule has 4 rings (SSSR count). The molecule has 0 radical (unpaired) electrons. The van der Waals surface area contributed by atoms with Crippen molar-refractivity contribution in [2.24, 2.45) is 0 Å². The number of aromatic nitrogens is 3. The smallest absolute Gasteiger partial charge is 0.229 e. The molecule has 0 spiro atoms. The number of ether oxygens (including phenoxy) is 1. The van der Waals surface area contributed by atoms with Gasteiger partial charge in [-0.05, 0) is 69.5 Å². The minimum Gasteiger partial charge on any atom is -0.495 e. The van der Waals surface area contributed by atoms with Crippen molar-refractivity contribution in [2.75, 3.05) is 30.8 Å². The molecule has 2 N–H and O–H groups in total. The Labute approximate surface area is 229 Å². The van der Waals surface area contributed by atoms with Crippen molar-refractivity contribution in [3.8, 4) is 5.75 Å². The summed E-state index contributed by atoms with van der Waals surface area (Å²) >= 11 is 6.35. The van der Waals surface area contributed by atoms with Crippen molar-refractivity contribution in [1.82, 2.24) is 19.9 Å². The predicted molar refractivity (Wildman–Crippen MR) is 152 cm³/mol. The zero-order valence-corrected chi connectivity index (χ0v) is 23.8. The van der Waals surface area contributed by atoms with Gasteiger partial charge in [0.25, 0.3) is 0 Å². The fourth-order valence-corrected chi connectivity index (χ4v) is 5.33. The fourth-order valence-electron chi connectivity index (χ4n) is 4.11. The second kappa shape index (κ2) is 11.7. The van der Waals surface area contributed by atoms with Gasteiger partial charge in [-0.3, -0.25) is 4.90 Å². The van der Waals surface area contributed by atoms with Crippen LogP contribution < -0.4 is 15.4 Å². The van der Waals surface area contributed by atoms with Gasteiger partial charge in [0.15, 0.2) is 20.7 Å². The van der Waals surface area contributed by atoms with E-state index in [0.717, 1.165) is 25.1 Å². The summed E-state index contributed by atoms with van der Waals surface area (Å²) in [4.78, 5) is 15.3. The van der Waals surface area contributed by atoms with Gasteiger partial charge in [0.1, 0.15) is 10.8 Å². The molecule has 1 aliphatic rings. The van der Waals surface area contributed by atoms with Crippen LogP contribution in [0.4, 0.5) is 23.1 Å². The molecule has 0 saturated carbocycles. The van der Waals surface area contributed by atoms with Gasteiger partial charge >= 0.3 is 0 Å². The molecule has 38 heavy (non-hydrogen) atoms. The molecule has 0 atom stereocenters. The monoisotopic (exact) mass is 556 g/mol. The molecule has 202 valence electrons. The van der Waals surface area contributed by atoms with E-state index in [4.69, 9.17) is 16.3 Å². The summed E-state index contributed by atoms with van der Waals surface area (Å²) in [5, 5.41) is 5.73. The van der Waals surface area contributed by atoms with E-state index in [1.54, 1.807) is 33.1 Å². The number of methoxy groups -OCH3 is 1. The average Bonchev–Trinajstić information content (AvgIpc) is 2.91. The number of nitrogens with zero attached hydrogens (tertiary/aromatic N) is 4. The fraction of sp³-hybridized carbons (Fsp3) is 0.370. The van der Waals surface area contributed by atoms with Crippen LogP contribution >= 0.6 is 11.6 Å². The van der Waals surface area contributed by atoms with Crippen LogP contribution in [-0.2, 0) is 9.84 Å². The number of anilines is 4. The minimum absolute atomic E-state index is 0.0648. The highest BCUT2D eigenvalue weighted by molar-refractivity contribution is 7.92. The number of pyridine rings is 1. The van der Waals surface area contributed by atoms with E-state index in [2.05, 4.69) is 56.5 Å². The summed E-state index contributed by atoms with van der Waals surface area (Å²) in [5.41, 5.74) is 3.39. The Bertz CT molecular complexity index is 1440. The number of benzene rings is 1. The molecular weight excluding hydrogens is 524 g/mol. The molecule has 0 saturated heterocycles. The van der Waals surface area contributed by atoms with Crippen molar-refractivity contribution in [2.45, 2.75) is 50.4 Å². The molecule has 1 aromatic carbocycles. The van der Waals surface area contributed by atoms with Crippen LogP contribution in [0, 0.1) is 0 Å². The second-order valence-corrected chi connectivity index (χ2v) is 12.4. The predicted octanol–water partition coefficient (Wildman–Crippen LogP) is 5.70. The SMILES string of the molecule is COc1cc(C2=CCN(C(C)C)CC2)ccc1Nc1ncc(Cl)c(Nc2cccnc2S(=O)(=O)C(C)C)n1. The Morgan fingerprint density at radius 2 is 1.87 bits per heavy atom. The van der Waals surface area contributed by atoms with Crippen molar-refractivity contribution in [1.29, 1.82) is 0 Å². The van der Waals surface area contributed by atoms with Crippen LogP contribution in [0.2, 0.25) is 5.02 Å². The summed E-state index contributed by atoms with van der Waals surface area (Å²) in [5.74, 6) is 1.17. The highest BCUT2D eigenvalue weighted by Gasteiger charge is 2.25. The first kappa shape index (κ1) is 27.8. The number of halogens is 1. The van der Waals surface area contributed by atoms with E-state index in [0.29, 0.717) is 17.5 Å². The molecular formula is C27H33ClN6O3S. The first-order valence-corrected chi connectivity index (χ1v) is 14.4. The number of hydrogen-bond acceptors (Lipinski definition) is 9. The second-order valence-electron chi connectivity index (χ2n) is 9.57. The molecule has 3 aromatic rings. The Kier molecular flexibility index (Phi) is 8.54. The highest BCUT2D eigenvalue weighted by Crippen LogP contribution is 2.34. The van der Waals surface area contributed by atoms with Crippen molar-refractivity contribution in [3.63, 3.8) is 0 Å². The Hall–Kier alpha value is -3.21. The molecule has 2 aromatic heterocycles. The number of sulfone groups is 1. The van der Waals surface area contributed by atoms with E-state index in [9.17, 15) is 8.42 Å². The van der Waals surface area contributed by atoms with Gasteiger partial charge in [0.05, 0.1) is 29.9 Å². The average molecular weight is 557 g/mol. The zero-order chi connectivity index (χ0) is 27.4. The lowest BCUT2D eigenvalue weighted by Gasteiger charge is -2.29. The molecule has 0 aliphatic carbocycles. The summed E-state index contributed by atoms with van der Waals surface area (Å²) in [6.07, 6.45) is 6.14. The van der Waals surface area contributed by atoms with E-state index >= 15 is 0 Å². The summed E-state index contributed by atoms with van der Waals surface area (Å²) < 4.78 is 31.2.